The van der Waals surface area contributed by atoms with E-state index in [1.807, 2.05) is 12.3 Å². The number of rotatable bonds is 1. The number of aryl methyl sites for hydroxylation is 1. The van der Waals surface area contributed by atoms with Gasteiger partial charge in [-0.1, -0.05) is 19.9 Å². The Morgan fingerprint density at radius 2 is 2.38 bits per heavy atom. The van der Waals surface area contributed by atoms with E-state index in [4.69, 9.17) is 0 Å². The van der Waals surface area contributed by atoms with E-state index in [-0.39, 0.29) is 0 Å². The average Bonchev–Trinajstić information content (AvgIpc) is 2.17. The molecule has 1 atom stereocenters. The maximum Gasteiger partial charge on any atom is 0.129 e. The third-order valence-corrected chi connectivity index (χ3v) is 2.74. The van der Waals surface area contributed by atoms with Crippen molar-refractivity contribution in [2.45, 2.75) is 32.7 Å². The lowest BCUT2D eigenvalue weighted by Crippen LogP contribution is -2.30. The van der Waals surface area contributed by atoms with Gasteiger partial charge in [0.2, 0.25) is 0 Å². The zero-order valence-corrected chi connectivity index (χ0v) is 8.25. The standard InChI is InChI=1S/C11H16N2/c1-8(2)10-6-5-9-4-3-7-12-11(9)13-10/h3-4,7-8,10H,5-6H2,1-2H3,(H,12,13)/t10-/m0/s1. The highest BCUT2D eigenvalue weighted by atomic mass is 15.0. The zero-order valence-electron chi connectivity index (χ0n) is 8.25. The van der Waals surface area contributed by atoms with Crippen molar-refractivity contribution < 1.29 is 0 Å². The second-order valence-corrected chi connectivity index (χ2v) is 4.04. The predicted octanol–water partition coefficient (Wildman–Crippen LogP) is 2.46. The molecule has 2 rings (SSSR count). The monoisotopic (exact) mass is 176 g/mol. The second kappa shape index (κ2) is 3.36. The minimum Gasteiger partial charge on any atom is -0.367 e. The Kier molecular flexibility index (Phi) is 2.21. The first kappa shape index (κ1) is 8.54. The Morgan fingerprint density at radius 1 is 1.54 bits per heavy atom. The summed E-state index contributed by atoms with van der Waals surface area (Å²) in [5, 5.41) is 3.49. The summed E-state index contributed by atoms with van der Waals surface area (Å²) in [7, 11) is 0. The van der Waals surface area contributed by atoms with Crippen molar-refractivity contribution in [2.24, 2.45) is 5.92 Å². The van der Waals surface area contributed by atoms with Crippen molar-refractivity contribution in [3.05, 3.63) is 23.9 Å². The first-order chi connectivity index (χ1) is 6.27. The zero-order chi connectivity index (χ0) is 9.26. The van der Waals surface area contributed by atoms with Crippen LogP contribution < -0.4 is 5.32 Å². The summed E-state index contributed by atoms with van der Waals surface area (Å²) in [5.41, 5.74) is 1.36. The van der Waals surface area contributed by atoms with Crippen LogP contribution in [-0.2, 0) is 6.42 Å². The Morgan fingerprint density at radius 3 is 3.15 bits per heavy atom. The van der Waals surface area contributed by atoms with Crippen LogP contribution in [0.15, 0.2) is 18.3 Å². The molecule has 70 valence electrons. The number of anilines is 1. The SMILES string of the molecule is CC(C)[C@@H]1CCc2cccnc2N1. The van der Waals surface area contributed by atoms with Gasteiger partial charge in [0.15, 0.2) is 0 Å². The number of nitrogens with one attached hydrogen (secondary N) is 1. The van der Waals surface area contributed by atoms with E-state index in [1.54, 1.807) is 0 Å². The molecule has 0 bridgehead atoms. The van der Waals surface area contributed by atoms with Gasteiger partial charge < -0.3 is 5.32 Å². The van der Waals surface area contributed by atoms with E-state index in [0.717, 1.165) is 5.82 Å². The lowest BCUT2D eigenvalue weighted by molar-refractivity contribution is 0.480. The van der Waals surface area contributed by atoms with Gasteiger partial charge in [0, 0.05) is 12.2 Å². The van der Waals surface area contributed by atoms with E-state index in [0.29, 0.717) is 12.0 Å². The van der Waals surface area contributed by atoms with Gasteiger partial charge in [-0.15, -0.1) is 0 Å². The van der Waals surface area contributed by atoms with Gasteiger partial charge in [0.05, 0.1) is 0 Å². The van der Waals surface area contributed by atoms with Crippen LogP contribution in [0, 0.1) is 5.92 Å². The summed E-state index contributed by atoms with van der Waals surface area (Å²) in [6.45, 7) is 4.51. The highest BCUT2D eigenvalue weighted by Gasteiger charge is 2.20. The Bertz CT molecular complexity index is 294. The number of pyridine rings is 1. The largest absolute Gasteiger partial charge is 0.367 e. The van der Waals surface area contributed by atoms with Crippen molar-refractivity contribution >= 4 is 5.82 Å². The molecule has 0 fully saturated rings. The van der Waals surface area contributed by atoms with Crippen LogP contribution in [-0.4, -0.2) is 11.0 Å². The maximum atomic E-state index is 4.34. The van der Waals surface area contributed by atoms with Crippen molar-refractivity contribution in [3.8, 4) is 0 Å². The van der Waals surface area contributed by atoms with E-state index >= 15 is 0 Å². The maximum absolute atomic E-state index is 4.34. The van der Waals surface area contributed by atoms with Gasteiger partial charge in [0.25, 0.3) is 0 Å². The van der Waals surface area contributed by atoms with Crippen LogP contribution in [0.4, 0.5) is 5.82 Å². The molecule has 0 aliphatic carbocycles. The molecule has 0 aromatic carbocycles. The minimum atomic E-state index is 0.599. The van der Waals surface area contributed by atoms with Crippen molar-refractivity contribution in [1.29, 1.82) is 0 Å². The molecule has 0 saturated carbocycles. The summed E-state index contributed by atoms with van der Waals surface area (Å²) in [5.74, 6) is 1.78. The van der Waals surface area contributed by atoms with Crippen LogP contribution in [0.1, 0.15) is 25.8 Å². The van der Waals surface area contributed by atoms with Gasteiger partial charge in [-0.05, 0) is 30.4 Å². The molecular weight excluding hydrogens is 160 g/mol. The van der Waals surface area contributed by atoms with Gasteiger partial charge in [-0.25, -0.2) is 4.98 Å². The normalized spacial score (nSPS) is 21.0. The topological polar surface area (TPSA) is 24.9 Å². The lowest BCUT2D eigenvalue weighted by Gasteiger charge is -2.28. The third kappa shape index (κ3) is 1.67. The lowest BCUT2D eigenvalue weighted by atomic mass is 9.93. The number of hydrogen-bond acceptors (Lipinski definition) is 2. The Balaban J connectivity index is 2.20. The molecule has 2 nitrogen and oxygen atoms in total. The van der Waals surface area contributed by atoms with E-state index in [2.05, 4.69) is 30.2 Å². The molecule has 0 amide bonds. The Labute approximate surface area is 79.4 Å². The fourth-order valence-electron chi connectivity index (χ4n) is 1.83. The number of aromatic nitrogens is 1. The molecule has 1 aliphatic heterocycles. The van der Waals surface area contributed by atoms with Crippen LogP contribution in [0.2, 0.25) is 0 Å². The number of fused-ring (bicyclic) bond motifs is 1. The predicted molar refractivity (Wildman–Crippen MR) is 54.8 cm³/mol. The number of hydrogen-bond donors (Lipinski definition) is 1. The molecule has 0 unspecified atom stereocenters. The summed E-state index contributed by atoms with van der Waals surface area (Å²) >= 11 is 0. The first-order valence-electron chi connectivity index (χ1n) is 4.98. The molecule has 1 N–H and O–H groups in total. The molecule has 1 aromatic heterocycles. The molecule has 0 saturated heterocycles. The van der Waals surface area contributed by atoms with Gasteiger partial charge in [-0.3, -0.25) is 0 Å². The number of nitrogens with zero attached hydrogens (tertiary/aromatic N) is 1. The van der Waals surface area contributed by atoms with E-state index in [1.165, 1.54) is 18.4 Å². The molecule has 0 spiro atoms. The molecule has 13 heavy (non-hydrogen) atoms. The smallest absolute Gasteiger partial charge is 0.129 e. The third-order valence-electron chi connectivity index (χ3n) is 2.74. The quantitative estimate of drug-likeness (QED) is 0.711. The van der Waals surface area contributed by atoms with Gasteiger partial charge in [0.1, 0.15) is 5.82 Å². The summed E-state index contributed by atoms with van der Waals surface area (Å²) in [6.07, 6.45) is 4.25. The molecule has 0 radical (unpaired) electrons. The Hall–Kier alpha value is -1.05. The molecule has 1 aliphatic rings. The van der Waals surface area contributed by atoms with Crippen molar-refractivity contribution in [3.63, 3.8) is 0 Å². The summed E-state index contributed by atoms with van der Waals surface area (Å²) < 4.78 is 0. The van der Waals surface area contributed by atoms with Crippen molar-refractivity contribution in [1.82, 2.24) is 4.98 Å². The van der Waals surface area contributed by atoms with Crippen LogP contribution in [0.5, 0.6) is 0 Å². The molecule has 2 heteroatoms. The first-order valence-corrected chi connectivity index (χ1v) is 4.98. The highest BCUT2D eigenvalue weighted by Crippen LogP contribution is 2.24. The van der Waals surface area contributed by atoms with Crippen LogP contribution >= 0.6 is 0 Å². The fraction of sp³-hybridized carbons (Fsp3) is 0.545. The highest BCUT2D eigenvalue weighted by molar-refractivity contribution is 5.46. The van der Waals surface area contributed by atoms with E-state index < -0.39 is 0 Å². The van der Waals surface area contributed by atoms with Gasteiger partial charge >= 0.3 is 0 Å². The molecule has 1 aromatic rings. The molecular formula is C11H16N2. The molecule has 2 heterocycles. The van der Waals surface area contributed by atoms with Gasteiger partial charge in [-0.2, -0.15) is 0 Å². The van der Waals surface area contributed by atoms with Crippen molar-refractivity contribution in [2.75, 3.05) is 5.32 Å². The minimum absolute atomic E-state index is 0.599. The summed E-state index contributed by atoms with van der Waals surface area (Å²) in [6, 6.07) is 4.77. The van der Waals surface area contributed by atoms with Crippen LogP contribution in [0.3, 0.4) is 0 Å². The second-order valence-electron chi connectivity index (χ2n) is 4.04. The summed E-state index contributed by atoms with van der Waals surface area (Å²) in [4.78, 5) is 4.34. The van der Waals surface area contributed by atoms with E-state index in [9.17, 15) is 0 Å². The van der Waals surface area contributed by atoms with Crippen LogP contribution in [0.25, 0.3) is 0 Å². The average molecular weight is 176 g/mol. The fourth-order valence-corrected chi connectivity index (χ4v) is 1.83.